The SMILES string of the molecule is Fc1cc(CNc2ccccc2N2CCCC2)ccc1Br. The average Bonchev–Trinajstić information content (AvgIpc) is 3.03. The average molecular weight is 349 g/mol. The largest absolute Gasteiger partial charge is 0.379 e. The van der Waals surface area contributed by atoms with E-state index in [0.717, 1.165) is 24.3 Å². The minimum absolute atomic E-state index is 0.220. The molecule has 1 aliphatic rings. The summed E-state index contributed by atoms with van der Waals surface area (Å²) in [5.41, 5.74) is 3.29. The summed E-state index contributed by atoms with van der Waals surface area (Å²) in [5.74, 6) is -0.220. The van der Waals surface area contributed by atoms with Crippen molar-refractivity contribution in [2.45, 2.75) is 19.4 Å². The number of nitrogens with zero attached hydrogens (tertiary/aromatic N) is 1. The van der Waals surface area contributed by atoms with Crippen LogP contribution in [0, 0.1) is 5.82 Å². The number of rotatable bonds is 4. The van der Waals surface area contributed by atoms with Crippen LogP contribution < -0.4 is 10.2 Å². The second-order valence-corrected chi connectivity index (χ2v) is 6.17. The second kappa shape index (κ2) is 6.48. The van der Waals surface area contributed by atoms with Gasteiger partial charge in [0.15, 0.2) is 0 Å². The van der Waals surface area contributed by atoms with E-state index in [-0.39, 0.29) is 5.82 Å². The van der Waals surface area contributed by atoms with Gasteiger partial charge in [-0.1, -0.05) is 18.2 Å². The van der Waals surface area contributed by atoms with Crippen molar-refractivity contribution in [2.75, 3.05) is 23.3 Å². The normalized spacial score (nSPS) is 14.5. The van der Waals surface area contributed by atoms with Gasteiger partial charge < -0.3 is 10.2 Å². The minimum atomic E-state index is -0.220. The van der Waals surface area contributed by atoms with Gasteiger partial charge in [0.25, 0.3) is 0 Å². The first kappa shape index (κ1) is 14.4. The Morgan fingerprint density at radius 3 is 2.62 bits per heavy atom. The highest BCUT2D eigenvalue weighted by Crippen LogP contribution is 2.29. The lowest BCUT2D eigenvalue weighted by molar-refractivity contribution is 0.619. The Balaban J connectivity index is 1.74. The number of benzene rings is 2. The fraction of sp³-hybridized carbons (Fsp3) is 0.294. The maximum atomic E-state index is 13.5. The molecule has 1 fully saturated rings. The number of nitrogens with one attached hydrogen (secondary N) is 1. The number of hydrogen-bond donors (Lipinski definition) is 1. The van der Waals surface area contributed by atoms with Crippen molar-refractivity contribution >= 4 is 27.3 Å². The van der Waals surface area contributed by atoms with Crippen LogP contribution in [0.15, 0.2) is 46.9 Å². The van der Waals surface area contributed by atoms with Crippen molar-refractivity contribution < 1.29 is 4.39 Å². The summed E-state index contributed by atoms with van der Waals surface area (Å²) < 4.78 is 14.1. The third-order valence-corrected chi connectivity index (χ3v) is 4.46. The lowest BCUT2D eigenvalue weighted by atomic mass is 10.2. The van der Waals surface area contributed by atoms with Crippen molar-refractivity contribution in [3.05, 3.63) is 58.3 Å². The van der Waals surface area contributed by atoms with Gasteiger partial charge in [0.05, 0.1) is 15.8 Å². The Hall–Kier alpha value is -1.55. The van der Waals surface area contributed by atoms with Crippen LogP contribution in [0.3, 0.4) is 0 Å². The summed E-state index contributed by atoms with van der Waals surface area (Å²) in [4.78, 5) is 2.41. The Labute approximate surface area is 133 Å². The molecule has 0 unspecified atom stereocenters. The van der Waals surface area contributed by atoms with Gasteiger partial charge in [-0.25, -0.2) is 4.39 Å². The second-order valence-electron chi connectivity index (χ2n) is 5.31. The molecule has 2 aromatic carbocycles. The zero-order valence-corrected chi connectivity index (χ0v) is 13.4. The van der Waals surface area contributed by atoms with E-state index in [1.807, 2.05) is 12.1 Å². The molecule has 21 heavy (non-hydrogen) atoms. The summed E-state index contributed by atoms with van der Waals surface area (Å²) in [6.07, 6.45) is 2.51. The van der Waals surface area contributed by atoms with Crippen molar-refractivity contribution in [1.29, 1.82) is 0 Å². The molecule has 0 radical (unpaired) electrons. The van der Waals surface area contributed by atoms with E-state index >= 15 is 0 Å². The van der Waals surface area contributed by atoms with E-state index in [1.165, 1.54) is 18.5 Å². The van der Waals surface area contributed by atoms with Crippen molar-refractivity contribution in [3.63, 3.8) is 0 Å². The molecule has 0 saturated carbocycles. The van der Waals surface area contributed by atoms with E-state index in [4.69, 9.17) is 0 Å². The number of hydrogen-bond acceptors (Lipinski definition) is 2. The number of halogens is 2. The molecule has 3 rings (SSSR count). The Morgan fingerprint density at radius 2 is 1.86 bits per heavy atom. The monoisotopic (exact) mass is 348 g/mol. The maximum Gasteiger partial charge on any atom is 0.137 e. The fourth-order valence-corrected chi connectivity index (χ4v) is 2.95. The molecule has 0 atom stereocenters. The van der Waals surface area contributed by atoms with Crippen LogP contribution in [0.1, 0.15) is 18.4 Å². The number of anilines is 2. The molecule has 0 aliphatic carbocycles. The van der Waals surface area contributed by atoms with Crippen LogP contribution in [-0.2, 0) is 6.54 Å². The molecular weight excluding hydrogens is 331 g/mol. The molecule has 1 saturated heterocycles. The number of para-hydroxylation sites is 2. The predicted octanol–water partition coefficient (Wildman–Crippen LogP) is 4.80. The molecule has 2 nitrogen and oxygen atoms in total. The van der Waals surface area contributed by atoms with Crippen LogP contribution in [0.4, 0.5) is 15.8 Å². The minimum Gasteiger partial charge on any atom is -0.379 e. The third kappa shape index (κ3) is 3.38. The Bertz CT molecular complexity index is 624. The van der Waals surface area contributed by atoms with Gasteiger partial charge in [0.1, 0.15) is 5.82 Å². The van der Waals surface area contributed by atoms with E-state index in [1.54, 1.807) is 12.1 Å². The van der Waals surface area contributed by atoms with Gasteiger partial charge in [-0.05, 0) is 58.6 Å². The molecule has 110 valence electrons. The molecule has 0 spiro atoms. The van der Waals surface area contributed by atoms with Gasteiger partial charge in [-0.3, -0.25) is 0 Å². The fourth-order valence-electron chi connectivity index (χ4n) is 2.70. The van der Waals surface area contributed by atoms with Gasteiger partial charge in [-0.15, -0.1) is 0 Å². The lowest BCUT2D eigenvalue weighted by Gasteiger charge is -2.22. The molecule has 4 heteroatoms. The summed E-state index contributed by atoms with van der Waals surface area (Å²) in [5, 5.41) is 3.43. The first-order valence-corrected chi connectivity index (χ1v) is 8.05. The van der Waals surface area contributed by atoms with Crippen molar-refractivity contribution in [1.82, 2.24) is 0 Å². The van der Waals surface area contributed by atoms with Crippen molar-refractivity contribution in [3.8, 4) is 0 Å². The molecule has 2 aromatic rings. The van der Waals surface area contributed by atoms with Crippen LogP contribution in [0.25, 0.3) is 0 Å². The summed E-state index contributed by atoms with van der Waals surface area (Å²) in [6.45, 7) is 2.85. The molecule has 0 aromatic heterocycles. The summed E-state index contributed by atoms with van der Waals surface area (Å²) in [6, 6.07) is 13.6. The van der Waals surface area contributed by atoms with E-state index in [0.29, 0.717) is 11.0 Å². The first-order valence-electron chi connectivity index (χ1n) is 7.26. The molecular formula is C17H18BrFN2. The zero-order valence-electron chi connectivity index (χ0n) is 11.8. The standard InChI is InChI=1S/C17H18BrFN2/c18-14-8-7-13(11-15(14)19)12-20-16-5-1-2-6-17(16)21-9-3-4-10-21/h1-2,5-8,11,20H,3-4,9-10,12H2. The quantitative estimate of drug-likeness (QED) is 0.853. The first-order chi connectivity index (χ1) is 10.2. The van der Waals surface area contributed by atoms with Crippen LogP contribution in [0.2, 0.25) is 0 Å². The van der Waals surface area contributed by atoms with Gasteiger partial charge in [0, 0.05) is 19.6 Å². The topological polar surface area (TPSA) is 15.3 Å². The molecule has 0 bridgehead atoms. The predicted molar refractivity (Wildman–Crippen MR) is 89.3 cm³/mol. The summed E-state index contributed by atoms with van der Waals surface area (Å²) in [7, 11) is 0. The van der Waals surface area contributed by atoms with E-state index in [9.17, 15) is 4.39 Å². The van der Waals surface area contributed by atoms with Gasteiger partial charge >= 0.3 is 0 Å². The lowest BCUT2D eigenvalue weighted by Crippen LogP contribution is -2.19. The zero-order chi connectivity index (χ0) is 14.7. The Morgan fingerprint density at radius 1 is 1.10 bits per heavy atom. The van der Waals surface area contributed by atoms with E-state index in [2.05, 4.69) is 44.3 Å². The maximum absolute atomic E-state index is 13.5. The molecule has 1 heterocycles. The highest BCUT2D eigenvalue weighted by atomic mass is 79.9. The molecule has 0 amide bonds. The third-order valence-electron chi connectivity index (χ3n) is 3.82. The molecule has 1 aliphatic heterocycles. The van der Waals surface area contributed by atoms with Crippen LogP contribution in [-0.4, -0.2) is 13.1 Å². The van der Waals surface area contributed by atoms with Gasteiger partial charge in [0.2, 0.25) is 0 Å². The van der Waals surface area contributed by atoms with Crippen molar-refractivity contribution in [2.24, 2.45) is 0 Å². The molecule has 1 N–H and O–H groups in total. The van der Waals surface area contributed by atoms with Crippen LogP contribution in [0.5, 0.6) is 0 Å². The van der Waals surface area contributed by atoms with Gasteiger partial charge in [-0.2, -0.15) is 0 Å². The van der Waals surface area contributed by atoms with Crippen LogP contribution >= 0.6 is 15.9 Å². The highest BCUT2D eigenvalue weighted by molar-refractivity contribution is 9.10. The summed E-state index contributed by atoms with van der Waals surface area (Å²) >= 11 is 3.18. The highest BCUT2D eigenvalue weighted by Gasteiger charge is 2.15. The van der Waals surface area contributed by atoms with E-state index < -0.39 is 0 Å². The smallest absolute Gasteiger partial charge is 0.137 e. The Kier molecular flexibility index (Phi) is 4.44.